The number of hydrogen-bond acceptors (Lipinski definition) is 3. The topological polar surface area (TPSA) is 46.5 Å². The molecule has 2 aromatic rings. The van der Waals surface area contributed by atoms with Crippen molar-refractivity contribution in [2.24, 2.45) is 5.41 Å². The molecule has 124 valence electrons. The predicted molar refractivity (Wildman–Crippen MR) is 100 cm³/mol. The van der Waals surface area contributed by atoms with Crippen LogP contribution in [-0.2, 0) is 15.1 Å². The molecule has 5 heteroatoms. The van der Waals surface area contributed by atoms with Crippen LogP contribution in [0.4, 0.5) is 0 Å². The van der Waals surface area contributed by atoms with Gasteiger partial charge in [-0.05, 0) is 47.5 Å². The maximum Gasteiger partial charge on any atom is 0.320 e. The van der Waals surface area contributed by atoms with Crippen LogP contribution < -0.4 is 0 Å². The maximum absolute atomic E-state index is 12.7. The van der Waals surface area contributed by atoms with Gasteiger partial charge in [-0.3, -0.25) is 4.79 Å². The van der Waals surface area contributed by atoms with Gasteiger partial charge in [-0.25, -0.2) is 0 Å². The summed E-state index contributed by atoms with van der Waals surface area (Å²) >= 11 is 6.91. The molecule has 2 aromatic carbocycles. The fourth-order valence-electron chi connectivity index (χ4n) is 2.81. The predicted octanol–water partition coefficient (Wildman–Crippen LogP) is 4.98. The Balaban J connectivity index is 2.27. The van der Waals surface area contributed by atoms with Crippen molar-refractivity contribution < 1.29 is 14.6 Å². The number of hydrogen-bond donors (Lipinski definition) is 1. The summed E-state index contributed by atoms with van der Waals surface area (Å²) in [6, 6.07) is 16.5. The molecule has 1 unspecified atom stereocenters. The van der Waals surface area contributed by atoms with Gasteiger partial charge in [0.2, 0.25) is 0 Å². The molecule has 3 rings (SSSR count). The standard InChI is InChI=1S/C19H16Br2O3/c1-18(2)17(22)24-15(12-6-4-3-5-7-12)16(21)19(18,23)13-8-10-14(20)11-9-13/h3-11,23H,1-2H3. The van der Waals surface area contributed by atoms with E-state index in [-0.39, 0.29) is 0 Å². The van der Waals surface area contributed by atoms with Gasteiger partial charge in [0.1, 0.15) is 11.0 Å². The van der Waals surface area contributed by atoms with Crippen LogP contribution in [0, 0.1) is 5.41 Å². The molecule has 1 atom stereocenters. The van der Waals surface area contributed by atoms with Gasteiger partial charge >= 0.3 is 5.97 Å². The summed E-state index contributed by atoms with van der Waals surface area (Å²) < 4.78 is 6.90. The molecule has 0 spiro atoms. The van der Waals surface area contributed by atoms with Gasteiger partial charge < -0.3 is 9.84 Å². The zero-order chi connectivity index (χ0) is 17.5. The lowest BCUT2D eigenvalue weighted by Crippen LogP contribution is -2.51. The molecule has 3 nitrogen and oxygen atoms in total. The van der Waals surface area contributed by atoms with E-state index in [4.69, 9.17) is 4.74 Å². The molecule has 0 aliphatic carbocycles. The van der Waals surface area contributed by atoms with Crippen LogP contribution in [0.2, 0.25) is 0 Å². The molecular formula is C19H16Br2O3. The van der Waals surface area contributed by atoms with Crippen molar-refractivity contribution in [2.45, 2.75) is 19.4 Å². The third-order valence-corrected chi connectivity index (χ3v) is 5.89. The average molecular weight is 452 g/mol. The van der Waals surface area contributed by atoms with Crippen LogP contribution in [0.15, 0.2) is 63.6 Å². The van der Waals surface area contributed by atoms with E-state index < -0.39 is 17.0 Å². The quantitative estimate of drug-likeness (QED) is 0.654. The van der Waals surface area contributed by atoms with Crippen molar-refractivity contribution in [3.05, 3.63) is 74.7 Å². The number of benzene rings is 2. The number of esters is 1. The van der Waals surface area contributed by atoms with Crippen LogP contribution in [0.5, 0.6) is 0 Å². The zero-order valence-corrected chi connectivity index (χ0v) is 16.4. The molecule has 0 fully saturated rings. The van der Waals surface area contributed by atoms with Gasteiger partial charge in [-0.15, -0.1) is 0 Å². The van der Waals surface area contributed by atoms with E-state index >= 15 is 0 Å². The second kappa shape index (κ2) is 6.14. The molecule has 1 N–H and O–H groups in total. The van der Waals surface area contributed by atoms with E-state index in [0.29, 0.717) is 15.8 Å². The molecule has 0 amide bonds. The Morgan fingerprint density at radius 1 is 0.958 bits per heavy atom. The Bertz CT molecular complexity index is 810. The summed E-state index contributed by atoms with van der Waals surface area (Å²) in [7, 11) is 0. The van der Waals surface area contributed by atoms with E-state index in [1.165, 1.54) is 0 Å². The minimum absolute atomic E-state index is 0.338. The SMILES string of the molecule is CC1(C)C(=O)OC(c2ccccc2)=C(Br)C1(O)c1ccc(Br)cc1. The van der Waals surface area contributed by atoms with Crippen LogP contribution >= 0.6 is 31.9 Å². The maximum atomic E-state index is 12.7. The highest BCUT2D eigenvalue weighted by Crippen LogP contribution is 2.54. The fraction of sp³-hybridized carbons (Fsp3) is 0.211. The normalized spacial score (nSPS) is 23.1. The van der Waals surface area contributed by atoms with Gasteiger partial charge in [0, 0.05) is 10.0 Å². The van der Waals surface area contributed by atoms with Gasteiger partial charge in [0.05, 0.1) is 4.48 Å². The van der Waals surface area contributed by atoms with Crippen LogP contribution in [-0.4, -0.2) is 11.1 Å². The first-order valence-corrected chi connectivity index (χ1v) is 9.03. The van der Waals surface area contributed by atoms with Crippen LogP contribution in [0.25, 0.3) is 5.76 Å². The largest absolute Gasteiger partial charge is 0.424 e. The molecule has 0 bridgehead atoms. The molecule has 1 aliphatic heterocycles. The lowest BCUT2D eigenvalue weighted by atomic mass is 9.69. The highest BCUT2D eigenvalue weighted by atomic mass is 79.9. The third-order valence-electron chi connectivity index (χ3n) is 4.42. The Hall–Kier alpha value is -1.43. The second-order valence-corrected chi connectivity index (χ2v) is 7.95. The number of aliphatic hydroxyl groups is 1. The summed E-state index contributed by atoms with van der Waals surface area (Å²) in [5.41, 5.74) is -1.34. The number of rotatable bonds is 2. The van der Waals surface area contributed by atoms with Crippen molar-refractivity contribution in [3.8, 4) is 0 Å². The van der Waals surface area contributed by atoms with E-state index in [0.717, 1.165) is 10.0 Å². The van der Waals surface area contributed by atoms with Crippen molar-refractivity contribution >= 4 is 43.6 Å². The molecule has 24 heavy (non-hydrogen) atoms. The number of carbonyl (C=O) groups excluding carboxylic acids is 1. The fourth-order valence-corrected chi connectivity index (χ4v) is 4.10. The molecule has 0 saturated heterocycles. The summed E-state index contributed by atoms with van der Waals surface area (Å²) in [4.78, 5) is 12.7. The van der Waals surface area contributed by atoms with Crippen LogP contribution in [0.3, 0.4) is 0 Å². The Labute approximate surface area is 157 Å². The molecule has 1 heterocycles. The van der Waals surface area contributed by atoms with Gasteiger partial charge in [-0.2, -0.15) is 0 Å². The highest BCUT2D eigenvalue weighted by molar-refractivity contribution is 9.12. The molecule has 1 aliphatic rings. The first kappa shape index (κ1) is 17.4. The Morgan fingerprint density at radius 3 is 2.12 bits per heavy atom. The average Bonchev–Trinajstić information content (AvgIpc) is 2.58. The first-order valence-electron chi connectivity index (χ1n) is 7.45. The molecule has 0 radical (unpaired) electrons. The van der Waals surface area contributed by atoms with Crippen LogP contribution in [0.1, 0.15) is 25.0 Å². The number of carbonyl (C=O) groups is 1. The lowest BCUT2D eigenvalue weighted by molar-refractivity contribution is -0.164. The van der Waals surface area contributed by atoms with Gasteiger partial charge in [0.25, 0.3) is 0 Å². The number of ether oxygens (including phenoxy) is 1. The Morgan fingerprint density at radius 2 is 1.54 bits per heavy atom. The second-order valence-electron chi connectivity index (χ2n) is 6.24. The smallest absolute Gasteiger partial charge is 0.320 e. The number of cyclic esters (lactones) is 1. The minimum atomic E-state index is -1.53. The molecule has 0 saturated carbocycles. The van der Waals surface area contributed by atoms with E-state index in [1.54, 1.807) is 26.0 Å². The van der Waals surface area contributed by atoms with Gasteiger partial charge in [0.15, 0.2) is 5.76 Å². The van der Waals surface area contributed by atoms with Gasteiger partial charge in [-0.1, -0.05) is 58.4 Å². The summed E-state index contributed by atoms with van der Waals surface area (Å²) in [6.07, 6.45) is 0. The molecular weight excluding hydrogens is 436 g/mol. The minimum Gasteiger partial charge on any atom is -0.424 e. The lowest BCUT2D eigenvalue weighted by Gasteiger charge is -2.45. The van der Waals surface area contributed by atoms with Crippen molar-refractivity contribution in [1.29, 1.82) is 0 Å². The zero-order valence-electron chi connectivity index (χ0n) is 13.2. The monoisotopic (exact) mass is 450 g/mol. The highest BCUT2D eigenvalue weighted by Gasteiger charge is 2.57. The van der Waals surface area contributed by atoms with Crippen molar-refractivity contribution in [2.75, 3.05) is 0 Å². The van der Waals surface area contributed by atoms with E-state index in [2.05, 4.69) is 31.9 Å². The van der Waals surface area contributed by atoms with Crippen molar-refractivity contribution in [1.82, 2.24) is 0 Å². The first-order chi connectivity index (χ1) is 11.3. The van der Waals surface area contributed by atoms with Crippen molar-refractivity contribution in [3.63, 3.8) is 0 Å². The summed E-state index contributed by atoms with van der Waals surface area (Å²) in [6.45, 7) is 3.36. The van der Waals surface area contributed by atoms with E-state index in [9.17, 15) is 9.90 Å². The third kappa shape index (κ3) is 2.55. The summed E-state index contributed by atoms with van der Waals surface area (Å²) in [5.74, 6) is -0.139. The summed E-state index contributed by atoms with van der Waals surface area (Å²) in [5, 5.41) is 11.6. The van der Waals surface area contributed by atoms with E-state index in [1.807, 2.05) is 42.5 Å². The number of halogens is 2. The molecule has 0 aromatic heterocycles. The Kier molecular flexibility index (Phi) is 4.45.